The zero-order valence-electron chi connectivity index (χ0n) is 12.0. The number of aryl methyl sites for hydroxylation is 1. The first kappa shape index (κ1) is 13.9. The highest BCUT2D eigenvalue weighted by molar-refractivity contribution is 5.88. The Morgan fingerprint density at radius 3 is 2.91 bits per heavy atom. The highest BCUT2D eigenvalue weighted by Gasteiger charge is 2.19. The summed E-state index contributed by atoms with van der Waals surface area (Å²) in [5, 5.41) is 17.1. The second-order valence-corrected chi connectivity index (χ2v) is 4.60. The molecular formula is C14H13N5O3. The third kappa shape index (κ3) is 2.24. The Labute approximate surface area is 125 Å². The molecule has 0 aromatic carbocycles. The predicted octanol–water partition coefficient (Wildman–Crippen LogP) is 1.89. The number of pyridine rings is 1. The van der Waals surface area contributed by atoms with Gasteiger partial charge in [0.1, 0.15) is 5.56 Å². The molecule has 8 nitrogen and oxygen atoms in total. The second kappa shape index (κ2) is 5.40. The summed E-state index contributed by atoms with van der Waals surface area (Å²) in [7, 11) is 0. The molecule has 0 spiro atoms. The van der Waals surface area contributed by atoms with Crippen molar-refractivity contribution in [3.05, 3.63) is 41.6 Å². The van der Waals surface area contributed by atoms with Crippen molar-refractivity contribution in [2.45, 2.75) is 20.3 Å². The molecule has 0 bridgehead atoms. The number of nitrogens with zero attached hydrogens (tertiary/aromatic N) is 5. The minimum Gasteiger partial charge on any atom is -0.478 e. The summed E-state index contributed by atoms with van der Waals surface area (Å²) in [5.74, 6) is 0.325. The minimum absolute atomic E-state index is 0.122. The normalized spacial score (nSPS) is 10.8. The van der Waals surface area contributed by atoms with E-state index in [1.807, 2.05) is 6.92 Å². The number of hydrogen-bond acceptors (Lipinski definition) is 6. The van der Waals surface area contributed by atoms with Crippen molar-refractivity contribution in [1.29, 1.82) is 0 Å². The number of aromatic carboxylic acids is 1. The standard InChI is InChI=1S/C14H13N5O3/c1-3-11-17-13(22-18-11)9-5-4-6-15-12(9)19-8(2)10(7-16-19)14(20)21/h4-7H,3H2,1-2H3,(H,20,21). The van der Waals surface area contributed by atoms with Crippen LogP contribution in [0.25, 0.3) is 17.3 Å². The summed E-state index contributed by atoms with van der Waals surface area (Å²) in [4.78, 5) is 19.7. The molecule has 0 radical (unpaired) electrons. The Kier molecular flexibility index (Phi) is 3.42. The van der Waals surface area contributed by atoms with Gasteiger partial charge in [-0.3, -0.25) is 0 Å². The number of aromatic nitrogens is 5. The Hall–Kier alpha value is -3.03. The maximum absolute atomic E-state index is 11.1. The Morgan fingerprint density at radius 2 is 2.27 bits per heavy atom. The molecule has 0 atom stereocenters. The van der Waals surface area contributed by atoms with Crippen molar-refractivity contribution in [2.24, 2.45) is 0 Å². The van der Waals surface area contributed by atoms with Crippen LogP contribution in [-0.2, 0) is 6.42 Å². The highest BCUT2D eigenvalue weighted by Crippen LogP contribution is 2.24. The van der Waals surface area contributed by atoms with Crippen molar-refractivity contribution in [1.82, 2.24) is 24.9 Å². The third-order valence-electron chi connectivity index (χ3n) is 3.24. The summed E-state index contributed by atoms with van der Waals surface area (Å²) < 4.78 is 6.69. The first-order valence-electron chi connectivity index (χ1n) is 6.68. The largest absolute Gasteiger partial charge is 0.478 e. The quantitative estimate of drug-likeness (QED) is 0.783. The van der Waals surface area contributed by atoms with Gasteiger partial charge in [-0.25, -0.2) is 14.5 Å². The van der Waals surface area contributed by atoms with Crippen LogP contribution in [0.15, 0.2) is 29.0 Å². The molecule has 3 aromatic heterocycles. The lowest BCUT2D eigenvalue weighted by Gasteiger charge is -2.07. The van der Waals surface area contributed by atoms with Gasteiger partial charge in [-0.05, 0) is 19.1 Å². The molecule has 112 valence electrons. The number of carbonyl (C=O) groups is 1. The maximum atomic E-state index is 11.1. The fourth-order valence-electron chi connectivity index (χ4n) is 2.07. The topological polar surface area (TPSA) is 107 Å². The molecule has 0 fully saturated rings. The minimum atomic E-state index is -1.03. The second-order valence-electron chi connectivity index (χ2n) is 4.60. The van der Waals surface area contributed by atoms with Crippen LogP contribution < -0.4 is 0 Å². The van der Waals surface area contributed by atoms with Gasteiger partial charge in [-0.15, -0.1) is 0 Å². The zero-order valence-corrected chi connectivity index (χ0v) is 12.0. The Balaban J connectivity index is 2.14. The van der Waals surface area contributed by atoms with E-state index in [0.717, 1.165) is 0 Å². The van der Waals surface area contributed by atoms with E-state index in [1.165, 1.54) is 10.9 Å². The summed E-state index contributed by atoms with van der Waals surface area (Å²) in [6.45, 7) is 3.59. The smallest absolute Gasteiger partial charge is 0.339 e. The van der Waals surface area contributed by atoms with Crippen LogP contribution in [-0.4, -0.2) is 36.0 Å². The number of hydrogen-bond donors (Lipinski definition) is 1. The van der Waals surface area contributed by atoms with E-state index >= 15 is 0 Å². The van der Waals surface area contributed by atoms with E-state index in [0.29, 0.717) is 35.2 Å². The number of carboxylic acid groups (broad SMARTS) is 1. The van der Waals surface area contributed by atoms with Gasteiger partial charge in [0, 0.05) is 12.6 Å². The lowest BCUT2D eigenvalue weighted by molar-refractivity contribution is 0.0696. The molecule has 0 unspecified atom stereocenters. The molecule has 1 N–H and O–H groups in total. The first-order valence-corrected chi connectivity index (χ1v) is 6.68. The molecule has 3 aromatic rings. The fraction of sp³-hybridized carbons (Fsp3) is 0.214. The molecule has 8 heteroatoms. The van der Waals surface area contributed by atoms with Crippen LogP contribution in [0.4, 0.5) is 0 Å². The average molecular weight is 299 g/mol. The van der Waals surface area contributed by atoms with Gasteiger partial charge < -0.3 is 9.63 Å². The van der Waals surface area contributed by atoms with Gasteiger partial charge in [-0.2, -0.15) is 10.1 Å². The van der Waals surface area contributed by atoms with Crippen molar-refractivity contribution < 1.29 is 14.4 Å². The molecule has 3 rings (SSSR count). The van der Waals surface area contributed by atoms with E-state index in [1.54, 1.807) is 25.3 Å². The summed E-state index contributed by atoms with van der Waals surface area (Å²) in [6.07, 6.45) is 3.54. The van der Waals surface area contributed by atoms with E-state index in [2.05, 4.69) is 20.2 Å². The van der Waals surface area contributed by atoms with Crippen molar-refractivity contribution >= 4 is 5.97 Å². The summed E-state index contributed by atoms with van der Waals surface area (Å²) in [5.41, 5.74) is 1.19. The van der Waals surface area contributed by atoms with Crippen molar-refractivity contribution in [2.75, 3.05) is 0 Å². The van der Waals surface area contributed by atoms with Crippen LogP contribution in [0.2, 0.25) is 0 Å². The van der Waals surface area contributed by atoms with Crippen LogP contribution in [0, 0.1) is 6.92 Å². The lowest BCUT2D eigenvalue weighted by Crippen LogP contribution is -2.06. The zero-order chi connectivity index (χ0) is 15.7. The molecule has 0 aliphatic heterocycles. The van der Waals surface area contributed by atoms with Gasteiger partial charge in [-0.1, -0.05) is 12.1 Å². The molecule has 0 aliphatic carbocycles. The molecule has 22 heavy (non-hydrogen) atoms. The Morgan fingerprint density at radius 1 is 1.45 bits per heavy atom. The number of rotatable bonds is 4. The van der Waals surface area contributed by atoms with E-state index < -0.39 is 5.97 Å². The van der Waals surface area contributed by atoms with E-state index in [4.69, 9.17) is 9.63 Å². The highest BCUT2D eigenvalue weighted by atomic mass is 16.5. The van der Waals surface area contributed by atoms with Crippen molar-refractivity contribution in [3.63, 3.8) is 0 Å². The third-order valence-corrected chi connectivity index (χ3v) is 3.24. The lowest BCUT2D eigenvalue weighted by atomic mass is 10.2. The van der Waals surface area contributed by atoms with Crippen molar-refractivity contribution in [3.8, 4) is 17.3 Å². The summed E-state index contributed by atoms with van der Waals surface area (Å²) in [6, 6.07) is 3.52. The molecule has 0 amide bonds. The van der Waals surface area contributed by atoms with E-state index in [9.17, 15) is 4.79 Å². The van der Waals surface area contributed by atoms with Gasteiger partial charge in [0.2, 0.25) is 0 Å². The monoisotopic (exact) mass is 299 g/mol. The van der Waals surface area contributed by atoms with Crippen LogP contribution in [0.1, 0.15) is 28.8 Å². The molecule has 3 heterocycles. The van der Waals surface area contributed by atoms with Gasteiger partial charge in [0.05, 0.1) is 17.5 Å². The van der Waals surface area contributed by atoms with Crippen LogP contribution in [0.5, 0.6) is 0 Å². The number of carboxylic acids is 1. The van der Waals surface area contributed by atoms with Gasteiger partial charge >= 0.3 is 5.97 Å². The SMILES string of the molecule is CCc1noc(-c2cccnc2-n2ncc(C(=O)O)c2C)n1. The molecule has 0 saturated heterocycles. The molecule has 0 aliphatic rings. The molecule has 0 saturated carbocycles. The first-order chi connectivity index (χ1) is 10.6. The van der Waals surface area contributed by atoms with Crippen LogP contribution in [0.3, 0.4) is 0 Å². The van der Waals surface area contributed by atoms with Gasteiger partial charge in [0.25, 0.3) is 5.89 Å². The van der Waals surface area contributed by atoms with E-state index in [-0.39, 0.29) is 5.56 Å². The summed E-state index contributed by atoms with van der Waals surface area (Å²) >= 11 is 0. The predicted molar refractivity (Wildman–Crippen MR) is 75.7 cm³/mol. The van der Waals surface area contributed by atoms with Gasteiger partial charge in [0.15, 0.2) is 11.6 Å². The van der Waals surface area contributed by atoms with Crippen LogP contribution >= 0.6 is 0 Å². The fourth-order valence-corrected chi connectivity index (χ4v) is 2.07. The average Bonchev–Trinajstić information content (AvgIpc) is 3.13. The molecular weight excluding hydrogens is 286 g/mol. The Bertz CT molecular complexity index is 837. The maximum Gasteiger partial charge on any atom is 0.339 e.